The average molecular weight is 388 g/mol. The molecule has 3 nitrogen and oxygen atoms in total. The molecular formula is C15H18BrNO2S2. The number of carbonyl (C=O) groups excluding carboxylic acids is 1. The minimum atomic E-state index is 0.101. The van der Waals surface area contributed by atoms with Gasteiger partial charge in [0.2, 0.25) is 0 Å². The van der Waals surface area contributed by atoms with Gasteiger partial charge in [0.05, 0.1) is 18.0 Å². The number of halogens is 1. The third kappa shape index (κ3) is 5.06. The Hall–Kier alpha value is -0.430. The molecule has 1 aromatic rings. The van der Waals surface area contributed by atoms with Crippen LogP contribution in [0.25, 0.3) is 0 Å². The highest BCUT2D eigenvalue weighted by Crippen LogP contribution is 2.19. The van der Waals surface area contributed by atoms with Crippen LogP contribution >= 0.6 is 39.9 Å². The van der Waals surface area contributed by atoms with Gasteiger partial charge >= 0.3 is 0 Å². The SMILES string of the molecule is CC1CN(C(=S)SCC(=O)c2ccc(Br)cc2)CC(C)O1. The lowest BCUT2D eigenvalue weighted by Crippen LogP contribution is -2.46. The molecule has 6 heteroatoms. The van der Waals surface area contributed by atoms with E-state index in [4.69, 9.17) is 17.0 Å². The lowest BCUT2D eigenvalue weighted by atomic mass is 10.2. The summed E-state index contributed by atoms with van der Waals surface area (Å²) < 4.78 is 7.44. The number of hydrogen-bond donors (Lipinski definition) is 0. The van der Waals surface area contributed by atoms with Gasteiger partial charge < -0.3 is 9.64 Å². The Morgan fingerprint density at radius 1 is 1.33 bits per heavy atom. The monoisotopic (exact) mass is 387 g/mol. The lowest BCUT2D eigenvalue weighted by Gasteiger charge is -2.36. The Bertz CT molecular complexity index is 511. The highest BCUT2D eigenvalue weighted by Gasteiger charge is 2.24. The third-order valence-electron chi connectivity index (χ3n) is 3.17. The van der Waals surface area contributed by atoms with Gasteiger partial charge in [-0.3, -0.25) is 4.79 Å². The van der Waals surface area contributed by atoms with Crippen LogP contribution < -0.4 is 0 Å². The van der Waals surface area contributed by atoms with Gasteiger partial charge in [-0.15, -0.1) is 0 Å². The van der Waals surface area contributed by atoms with Crippen molar-refractivity contribution in [1.29, 1.82) is 0 Å². The Morgan fingerprint density at radius 3 is 2.48 bits per heavy atom. The quantitative estimate of drug-likeness (QED) is 0.581. The molecule has 1 aliphatic rings. The highest BCUT2D eigenvalue weighted by molar-refractivity contribution is 9.10. The van der Waals surface area contributed by atoms with Crippen molar-refractivity contribution in [2.24, 2.45) is 0 Å². The van der Waals surface area contributed by atoms with Gasteiger partial charge in [0, 0.05) is 23.1 Å². The average Bonchev–Trinajstić information content (AvgIpc) is 2.44. The van der Waals surface area contributed by atoms with E-state index in [-0.39, 0.29) is 18.0 Å². The van der Waals surface area contributed by atoms with E-state index in [1.807, 2.05) is 38.1 Å². The number of nitrogens with zero attached hydrogens (tertiary/aromatic N) is 1. The third-order valence-corrected chi connectivity index (χ3v) is 5.22. The van der Waals surface area contributed by atoms with Gasteiger partial charge in [-0.2, -0.15) is 0 Å². The van der Waals surface area contributed by atoms with E-state index >= 15 is 0 Å². The maximum Gasteiger partial charge on any atom is 0.173 e. The number of thioether (sulfide) groups is 1. The summed E-state index contributed by atoms with van der Waals surface area (Å²) in [6.07, 6.45) is 0.351. The predicted molar refractivity (Wildman–Crippen MR) is 95.1 cm³/mol. The molecule has 21 heavy (non-hydrogen) atoms. The van der Waals surface area contributed by atoms with Gasteiger partial charge in [0.25, 0.3) is 0 Å². The van der Waals surface area contributed by atoms with Gasteiger partial charge in [-0.1, -0.05) is 52.0 Å². The fraction of sp³-hybridized carbons (Fsp3) is 0.467. The molecule has 1 aromatic carbocycles. The summed E-state index contributed by atoms with van der Waals surface area (Å²) in [5.41, 5.74) is 0.720. The van der Waals surface area contributed by atoms with Gasteiger partial charge in [-0.25, -0.2) is 0 Å². The first-order valence-electron chi connectivity index (χ1n) is 6.81. The fourth-order valence-electron chi connectivity index (χ4n) is 2.26. The van der Waals surface area contributed by atoms with E-state index in [1.165, 1.54) is 11.8 Å². The van der Waals surface area contributed by atoms with Gasteiger partial charge in [0.1, 0.15) is 4.32 Å². The minimum absolute atomic E-state index is 0.101. The Kier molecular flexibility index (Phi) is 6.22. The first-order valence-corrected chi connectivity index (χ1v) is 9.00. The summed E-state index contributed by atoms with van der Waals surface area (Å²) in [6, 6.07) is 7.41. The Labute approximate surface area is 143 Å². The number of rotatable bonds is 3. The molecular weight excluding hydrogens is 370 g/mol. The number of Topliss-reactive ketones (excluding diaryl/α,β-unsaturated/α-hetero) is 1. The lowest BCUT2D eigenvalue weighted by molar-refractivity contribution is -0.0465. The zero-order valence-corrected chi connectivity index (χ0v) is 15.3. The summed E-state index contributed by atoms with van der Waals surface area (Å²) in [4.78, 5) is 14.3. The van der Waals surface area contributed by atoms with Crippen LogP contribution in [-0.4, -0.2) is 46.1 Å². The maximum atomic E-state index is 12.1. The van der Waals surface area contributed by atoms with Crippen LogP contribution in [0, 0.1) is 0 Å². The van der Waals surface area contributed by atoms with E-state index in [1.54, 1.807) is 0 Å². The van der Waals surface area contributed by atoms with Crippen LogP contribution in [0.2, 0.25) is 0 Å². The zero-order chi connectivity index (χ0) is 15.4. The van der Waals surface area contributed by atoms with E-state index in [0.29, 0.717) is 5.75 Å². The molecule has 0 spiro atoms. The largest absolute Gasteiger partial charge is 0.372 e. The zero-order valence-electron chi connectivity index (χ0n) is 12.0. The van der Waals surface area contributed by atoms with E-state index in [2.05, 4.69) is 20.8 Å². The van der Waals surface area contributed by atoms with Crippen molar-refractivity contribution < 1.29 is 9.53 Å². The standard InChI is InChI=1S/C15H18BrNO2S2/c1-10-7-17(8-11(2)19-10)15(20)21-9-14(18)12-3-5-13(16)6-4-12/h3-6,10-11H,7-9H2,1-2H3. The molecule has 114 valence electrons. The number of thiocarbonyl (C=S) groups is 1. The van der Waals surface area contributed by atoms with E-state index in [0.717, 1.165) is 27.4 Å². The van der Waals surface area contributed by atoms with Gasteiger partial charge in [-0.05, 0) is 26.0 Å². The van der Waals surface area contributed by atoms with Crippen molar-refractivity contribution in [3.63, 3.8) is 0 Å². The molecule has 1 fully saturated rings. The van der Waals surface area contributed by atoms with Crippen LogP contribution in [0.15, 0.2) is 28.7 Å². The van der Waals surface area contributed by atoms with E-state index in [9.17, 15) is 4.79 Å². The summed E-state index contributed by atoms with van der Waals surface area (Å²) in [5, 5.41) is 0. The summed E-state index contributed by atoms with van der Waals surface area (Å²) in [7, 11) is 0. The number of ketones is 1. The summed E-state index contributed by atoms with van der Waals surface area (Å²) in [5.74, 6) is 0.477. The van der Waals surface area contributed by atoms with Crippen LogP contribution in [-0.2, 0) is 4.74 Å². The second-order valence-corrected chi connectivity index (χ2v) is 7.67. The molecule has 0 aliphatic carbocycles. The predicted octanol–water partition coefficient (Wildman–Crippen LogP) is 3.76. The smallest absolute Gasteiger partial charge is 0.173 e. The number of ether oxygens (including phenoxy) is 1. The molecule has 0 radical (unpaired) electrons. The van der Waals surface area contributed by atoms with E-state index < -0.39 is 0 Å². The van der Waals surface area contributed by atoms with Crippen LogP contribution in [0.5, 0.6) is 0 Å². The van der Waals surface area contributed by atoms with Crippen molar-refractivity contribution in [2.45, 2.75) is 26.1 Å². The summed E-state index contributed by atoms with van der Waals surface area (Å²) in [6.45, 7) is 5.68. The molecule has 0 bridgehead atoms. The van der Waals surface area contributed by atoms with Crippen LogP contribution in [0.4, 0.5) is 0 Å². The van der Waals surface area contributed by atoms with Crippen molar-refractivity contribution in [1.82, 2.24) is 4.90 Å². The second-order valence-electron chi connectivity index (χ2n) is 5.15. The fourth-order valence-corrected chi connectivity index (χ4v) is 3.61. The van der Waals surface area contributed by atoms with Crippen molar-refractivity contribution >= 4 is 50.0 Å². The second kappa shape index (κ2) is 7.72. The number of carbonyl (C=O) groups is 1. The van der Waals surface area contributed by atoms with Crippen molar-refractivity contribution in [2.75, 3.05) is 18.8 Å². The number of hydrogen-bond acceptors (Lipinski definition) is 4. The molecule has 1 aliphatic heterocycles. The molecule has 1 saturated heterocycles. The minimum Gasteiger partial charge on any atom is -0.372 e. The molecule has 1 heterocycles. The molecule has 0 amide bonds. The highest BCUT2D eigenvalue weighted by atomic mass is 79.9. The molecule has 2 atom stereocenters. The first-order chi connectivity index (χ1) is 9.95. The maximum absolute atomic E-state index is 12.1. The normalized spacial score (nSPS) is 22.1. The number of benzene rings is 1. The first kappa shape index (κ1) is 16.9. The van der Waals surface area contributed by atoms with Crippen molar-refractivity contribution in [3.8, 4) is 0 Å². The van der Waals surface area contributed by atoms with Gasteiger partial charge in [0.15, 0.2) is 5.78 Å². The van der Waals surface area contributed by atoms with Crippen LogP contribution in [0.1, 0.15) is 24.2 Å². The molecule has 2 unspecified atom stereocenters. The van der Waals surface area contributed by atoms with Crippen LogP contribution in [0.3, 0.4) is 0 Å². The molecule has 2 rings (SSSR count). The molecule has 0 saturated carbocycles. The Balaban J connectivity index is 1.86. The summed E-state index contributed by atoms with van der Waals surface area (Å²) >= 11 is 10.2. The topological polar surface area (TPSA) is 29.5 Å². The molecule has 0 N–H and O–H groups in total. The Morgan fingerprint density at radius 2 is 1.90 bits per heavy atom. The number of morpholine rings is 1. The molecule has 0 aromatic heterocycles. The van der Waals surface area contributed by atoms with Crippen molar-refractivity contribution in [3.05, 3.63) is 34.3 Å².